The number of hydrogen-bond donors (Lipinski definition) is 1. The van der Waals surface area contributed by atoms with Crippen LogP contribution in [0.1, 0.15) is 25.7 Å². The molecular weight excluding hydrogens is 474 g/mol. The number of fused-ring (bicyclic) bond motifs is 1. The van der Waals surface area contributed by atoms with Crippen molar-refractivity contribution >= 4 is 54.9 Å². The molecule has 174 valence electrons. The van der Waals surface area contributed by atoms with Crippen molar-refractivity contribution in [2.45, 2.75) is 42.0 Å². The van der Waals surface area contributed by atoms with Crippen molar-refractivity contribution in [3.63, 3.8) is 0 Å². The van der Waals surface area contributed by atoms with E-state index >= 15 is 0 Å². The highest BCUT2D eigenvalue weighted by Gasteiger charge is 2.36. The van der Waals surface area contributed by atoms with E-state index < -0.39 is 16.1 Å². The van der Waals surface area contributed by atoms with E-state index in [1.165, 1.54) is 4.90 Å². The number of rotatable bonds is 7. The van der Waals surface area contributed by atoms with Gasteiger partial charge in [-0.2, -0.15) is 4.72 Å². The molecule has 0 aliphatic carbocycles. The number of amides is 2. The second-order valence-electron chi connectivity index (χ2n) is 8.16. The van der Waals surface area contributed by atoms with Crippen molar-refractivity contribution in [2.75, 3.05) is 33.4 Å². The maximum atomic E-state index is 13.0. The molecule has 0 saturated carbocycles. The summed E-state index contributed by atoms with van der Waals surface area (Å²) in [4.78, 5) is 29.0. The average Bonchev–Trinajstić information content (AvgIpc) is 3.38. The highest BCUT2D eigenvalue weighted by Crippen LogP contribution is 2.31. The maximum absolute atomic E-state index is 13.0. The van der Waals surface area contributed by atoms with E-state index in [1.54, 1.807) is 36.3 Å². The molecule has 2 amide bonds. The lowest BCUT2D eigenvalue weighted by atomic mass is 10.1. The summed E-state index contributed by atoms with van der Waals surface area (Å²) in [5, 5.41) is 1.31. The van der Waals surface area contributed by atoms with Gasteiger partial charge in [-0.15, -0.1) is 11.3 Å². The molecule has 8 nitrogen and oxygen atoms in total. The van der Waals surface area contributed by atoms with Crippen LogP contribution < -0.4 is 4.72 Å². The minimum absolute atomic E-state index is 0.0307. The highest BCUT2D eigenvalue weighted by molar-refractivity contribution is 7.91. The molecule has 0 spiro atoms. The molecule has 0 radical (unpaired) electrons. The zero-order chi connectivity index (χ0) is 22.9. The lowest BCUT2D eigenvalue weighted by Gasteiger charge is -2.34. The van der Waals surface area contributed by atoms with Gasteiger partial charge in [-0.3, -0.25) is 9.59 Å². The topological polar surface area (TPSA) is 96.0 Å². The number of nitrogens with zero attached hydrogens (tertiary/aromatic N) is 2. The number of thiophene rings is 1. The molecule has 11 heteroatoms. The van der Waals surface area contributed by atoms with Gasteiger partial charge in [-0.25, -0.2) is 8.42 Å². The van der Waals surface area contributed by atoms with Crippen LogP contribution in [0.3, 0.4) is 0 Å². The third kappa shape index (κ3) is 4.94. The Labute approximate surface area is 196 Å². The van der Waals surface area contributed by atoms with Crippen molar-refractivity contribution in [1.29, 1.82) is 0 Å². The Balaban J connectivity index is 1.43. The number of carbonyl (C=O) groups is 2. The minimum Gasteiger partial charge on any atom is -0.383 e. The molecule has 1 N–H and O–H groups in total. The summed E-state index contributed by atoms with van der Waals surface area (Å²) in [6.45, 7) is 1.52. The maximum Gasteiger partial charge on any atom is 0.250 e. The predicted octanol–water partition coefficient (Wildman–Crippen LogP) is 2.46. The Hall–Kier alpha value is -1.72. The van der Waals surface area contributed by atoms with Gasteiger partial charge in [0.05, 0.1) is 19.2 Å². The summed E-state index contributed by atoms with van der Waals surface area (Å²) in [6.07, 6.45) is 2.82. The normalized spacial score (nSPS) is 22.1. The number of hydrogen-bond acceptors (Lipinski definition) is 6. The molecule has 2 aliphatic heterocycles. The second kappa shape index (κ2) is 9.64. The van der Waals surface area contributed by atoms with Crippen molar-refractivity contribution in [1.82, 2.24) is 14.5 Å². The molecule has 32 heavy (non-hydrogen) atoms. The fourth-order valence-electron chi connectivity index (χ4n) is 4.35. The summed E-state index contributed by atoms with van der Waals surface area (Å²) in [5.41, 5.74) is 0. The van der Waals surface area contributed by atoms with Gasteiger partial charge in [0.15, 0.2) is 0 Å². The summed E-state index contributed by atoms with van der Waals surface area (Å²) >= 11 is 7.11. The Morgan fingerprint density at radius 1 is 1.25 bits per heavy atom. The van der Waals surface area contributed by atoms with Crippen molar-refractivity contribution in [3.8, 4) is 0 Å². The first-order chi connectivity index (χ1) is 15.3. The molecule has 2 atom stereocenters. The quantitative estimate of drug-likeness (QED) is 0.631. The largest absolute Gasteiger partial charge is 0.383 e. The van der Waals surface area contributed by atoms with E-state index in [-0.39, 0.29) is 28.6 Å². The molecule has 2 aliphatic rings. The summed E-state index contributed by atoms with van der Waals surface area (Å²) < 4.78 is 34.6. The Morgan fingerprint density at radius 2 is 2.03 bits per heavy atom. The SMILES string of the molecule is COCC1CCCN1C(=O)CN1CCCC(NS(=O)(=O)c2cc3ccc(Cl)cc3s2)C1=O. The lowest BCUT2D eigenvalue weighted by molar-refractivity contribution is -0.144. The van der Waals surface area contributed by atoms with Crippen LogP contribution in [-0.2, 0) is 24.3 Å². The number of halogens is 1. The number of methoxy groups -OCH3 is 1. The van der Waals surface area contributed by atoms with Crippen molar-refractivity contribution < 1.29 is 22.7 Å². The van der Waals surface area contributed by atoms with Gasteiger partial charge in [-0.1, -0.05) is 17.7 Å². The first-order valence-electron chi connectivity index (χ1n) is 10.6. The molecular formula is C21H26ClN3O5S2. The van der Waals surface area contributed by atoms with Crippen LogP contribution in [0.25, 0.3) is 10.1 Å². The van der Waals surface area contributed by atoms with E-state index in [0.29, 0.717) is 37.6 Å². The molecule has 2 saturated heterocycles. The molecule has 3 heterocycles. The zero-order valence-corrected chi connectivity index (χ0v) is 20.1. The molecule has 2 unspecified atom stereocenters. The van der Waals surface area contributed by atoms with Crippen LogP contribution in [0.2, 0.25) is 5.02 Å². The predicted molar refractivity (Wildman–Crippen MR) is 123 cm³/mol. The highest BCUT2D eigenvalue weighted by atomic mass is 35.5. The van der Waals surface area contributed by atoms with E-state index in [0.717, 1.165) is 34.3 Å². The number of benzene rings is 1. The molecule has 1 aromatic carbocycles. The van der Waals surface area contributed by atoms with E-state index in [9.17, 15) is 18.0 Å². The molecule has 2 aromatic rings. The Kier molecular flexibility index (Phi) is 7.06. The zero-order valence-electron chi connectivity index (χ0n) is 17.8. The Bertz CT molecular complexity index is 1120. The van der Waals surface area contributed by atoms with Gasteiger partial charge in [-0.05, 0) is 49.3 Å². The monoisotopic (exact) mass is 499 g/mol. The number of ether oxygens (including phenoxy) is 1. The fourth-order valence-corrected chi connectivity index (χ4v) is 7.26. The van der Waals surface area contributed by atoms with Gasteiger partial charge >= 0.3 is 0 Å². The number of nitrogens with one attached hydrogen (secondary N) is 1. The second-order valence-corrected chi connectivity index (χ2v) is 11.6. The van der Waals surface area contributed by atoms with Gasteiger partial charge < -0.3 is 14.5 Å². The molecule has 1 aromatic heterocycles. The number of likely N-dealkylation sites (tertiary alicyclic amines) is 2. The summed E-state index contributed by atoms with van der Waals surface area (Å²) in [6, 6.07) is 5.91. The van der Waals surface area contributed by atoms with E-state index in [1.807, 2.05) is 0 Å². The van der Waals surface area contributed by atoms with Gasteiger partial charge in [0.2, 0.25) is 11.8 Å². The summed E-state index contributed by atoms with van der Waals surface area (Å²) in [7, 11) is -2.28. The minimum atomic E-state index is -3.89. The van der Waals surface area contributed by atoms with E-state index in [4.69, 9.17) is 16.3 Å². The van der Waals surface area contributed by atoms with E-state index in [2.05, 4.69) is 4.72 Å². The lowest BCUT2D eigenvalue weighted by Crippen LogP contribution is -2.55. The standard InChI is InChI=1S/C21H26ClN3O5S2/c1-30-13-16-4-2-9-25(16)19(26)12-24-8-3-5-17(21(24)27)23-32(28,29)20-10-14-6-7-15(22)11-18(14)31-20/h6-7,10-11,16-17,23H,2-5,8-9,12-13H2,1H3. The number of sulfonamides is 1. The summed E-state index contributed by atoms with van der Waals surface area (Å²) in [5.74, 6) is -0.484. The first kappa shape index (κ1) is 23.4. The fraction of sp³-hybridized carbons (Fsp3) is 0.524. The van der Waals surface area contributed by atoms with Crippen molar-refractivity contribution in [3.05, 3.63) is 29.3 Å². The molecule has 2 fully saturated rings. The van der Waals surface area contributed by atoms with Crippen molar-refractivity contribution in [2.24, 2.45) is 0 Å². The first-order valence-corrected chi connectivity index (χ1v) is 13.2. The van der Waals surface area contributed by atoms with Crippen LogP contribution in [0.4, 0.5) is 0 Å². The van der Waals surface area contributed by atoms with Crippen LogP contribution >= 0.6 is 22.9 Å². The number of piperidine rings is 1. The van der Waals surface area contributed by atoms with Gasteiger partial charge in [0.25, 0.3) is 10.0 Å². The smallest absolute Gasteiger partial charge is 0.250 e. The molecule has 0 bridgehead atoms. The molecule has 4 rings (SSSR count). The van der Waals surface area contributed by atoms with Gasteiger partial charge in [0, 0.05) is 29.9 Å². The van der Waals surface area contributed by atoms with Crippen LogP contribution in [-0.4, -0.2) is 75.5 Å². The number of carbonyl (C=O) groups excluding carboxylic acids is 2. The average molecular weight is 500 g/mol. The van der Waals surface area contributed by atoms with Crippen LogP contribution in [0, 0.1) is 0 Å². The third-order valence-corrected chi connectivity index (χ3v) is 9.21. The van der Waals surface area contributed by atoms with Crippen LogP contribution in [0.15, 0.2) is 28.5 Å². The van der Waals surface area contributed by atoms with Gasteiger partial charge in [0.1, 0.15) is 10.3 Å². The Morgan fingerprint density at radius 3 is 2.81 bits per heavy atom. The van der Waals surface area contributed by atoms with Crippen LogP contribution in [0.5, 0.6) is 0 Å². The third-order valence-electron chi connectivity index (χ3n) is 5.94.